The van der Waals surface area contributed by atoms with E-state index in [0.717, 1.165) is 0 Å². The highest BCUT2D eigenvalue weighted by atomic mass is 19.1. The number of ether oxygens (including phenoxy) is 1. The van der Waals surface area contributed by atoms with Crippen molar-refractivity contribution in [3.8, 4) is 17.1 Å². The Hall–Kier alpha value is -2.50. The minimum absolute atomic E-state index is 0.0542. The fraction of sp³-hybridized carbons (Fsp3) is 0.154. The van der Waals surface area contributed by atoms with Crippen molar-refractivity contribution in [2.75, 3.05) is 7.11 Å². The molecular weight excluding hydrogens is 251 g/mol. The summed E-state index contributed by atoms with van der Waals surface area (Å²) in [4.78, 5) is 19.0. The summed E-state index contributed by atoms with van der Waals surface area (Å²) in [5.41, 5.74) is 0.874. The van der Waals surface area contributed by atoms with Gasteiger partial charge in [0.15, 0.2) is 23.1 Å². The average molecular weight is 262 g/mol. The third kappa shape index (κ3) is 2.52. The van der Waals surface area contributed by atoms with Gasteiger partial charge in [-0.05, 0) is 25.1 Å². The molecule has 1 aromatic carbocycles. The number of hydrogen-bond acceptors (Lipinski definition) is 4. The van der Waals surface area contributed by atoms with Crippen LogP contribution in [0.2, 0.25) is 0 Å². The molecule has 0 amide bonds. The van der Waals surface area contributed by atoms with Crippen LogP contribution in [0.3, 0.4) is 0 Å². The summed E-state index contributed by atoms with van der Waals surface area (Å²) in [7, 11) is 1.35. The minimum atomic E-state index is -1.13. The molecule has 0 spiro atoms. The molecule has 0 saturated heterocycles. The van der Waals surface area contributed by atoms with Crippen LogP contribution in [0.4, 0.5) is 4.39 Å². The minimum Gasteiger partial charge on any atom is -0.494 e. The molecule has 19 heavy (non-hydrogen) atoms. The third-order valence-corrected chi connectivity index (χ3v) is 2.58. The Labute approximate surface area is 108 Å². The van der Waals surface area contributed by atoms with Crippen LogP contribution in [-0.2, 0) is 0 Å². The lowest BCUT2D eigenvalue weighted by atomic mass is 10.1. The molecular formula is C13H11FN2O3. The molecule has 2 aromatic rings. The Kier molecular flexibility index (Phi) is 3.41. The molecule has 6 heteroatoms. The Bertz CT molecular complexity index is 644. The normalized spacial score (nSPS) is 10.3. The van der Waals surface area contributed by atoms with E-state index in [0.29, 0.717) is 11.1 Å². The smallest absolute Gasteiger partial charge is 0.354 e. The largest absolute Gasteiger partial charge is 0.494 e. The highest BCUT2D eigenvalue weighted by molar-refractivity contribution is 5.87. The number of aryl methyl sites for hydroxylation is 1. The molecule has 0 aliphatic carbocycles. The van der Waals surface area contributed by atoms with Crippen LogP contribution in [0.1, 0.15) is 16.1 Å². The molecule has 0 bridgehead atoms. The van der Waals surface area contributed by atoms with E-state index in [1.54, 1.807) is 6.92 Å². The Morgan fingerprint density at radius 2 is 2.16 bits per heavy atom. The van der Waals surface area contributed by atoms with Gasteiger partial charge in [0.2, 0.25) is 0 Å². The van der Waals surface area contributed by atoms with Crippen molar-refractivity contribution in [1.82, 2.24) is 9.97 Å². The van der Waals surface area contributed by atoms with Gasteiger partial charge in [0.05, 0.1) is 7.11 Å². The molecule has 0 fully saturated rings. The number of carboxylic acids is 1. The molecule has 0 saturated carbocycles. The first-order valence-corrected chi connectivity index (χ1v) is 5.43. The van der Waals surface area contributed by atoms with E-state index < -0.39 is 11.8 Å². The van der Waals surface area contributed by atoms with Crippen molar-refractivity contribution in [3.05, 3.63) is 41.5 Å². The van der Waals surface area contributed by atoms with Crippen molar-refractivity contribution < 1.29 is 19.0 Å². The van der Waals surface area contributed by atoms with Crippen LogP contribution in [-0.4, -0.2) is 28.2 Å². The van der Waals surface area contributed by atoms with Gasteiger partial charge in [-0.25, -0.2) is 19.2 Å². The summed E-state index contributed by atoms with van der Waals surface area (Å²) in [6.07, 6.45) is 1.42. The molecule has 0 atom stereocenters. The van der Waals surface area contributed by atoms with Crippen molar-refractivity contribution in [1.29, 1.82) is 0 Å². The molecule has 2 rings (SSSR count). The van der Waals surface area contributed by atoms with Crippen LogP contribution in [0, 0.1) is 12.7 Å². The lowest BCUT2D eigenvalue weighted by Crippen LogP contribution is -2.06. The number of carboxylic acid groups (broad SMARTS) is 1. The first kappa shape index (κ1) is 12.9. The van der Waals surface area contributed by atoms with Crippen molar-refractivity contribution in [2.45, 2.75) is 6.92 Å². The van der Waals surface area contributed by atoms with Crippen molar-refractivity contribution >= 4 is 5.97 Å². The van der Waals surface area contributed by atoms with Gasteiger partial charge in [0.25, 0.3) is 0 Å². The molecule has 1 aromatic heterocycles. The van der Waals surface area contributed by atoms with E-state index in [-0.39, 0.29) is 17.3 Å². The van der Waals surface area contributed by atoms with Gasteiger partial charge in [-0.1, -0.05) is 0 Å². The number of aromatic nitrogens is 2. The Balaban J connectivity index is 2.53. The van der Waals surface area contributed by atoms with Gasteiger partial charge in [-0.2, -0.15) is 0 Å². The zero-order valence-corrected chi connectivity index (χ0v) is 10.3. The molecule has 5 nitrogen and oxygen atoms in total. The molecule has 0 unspecified atom stereocenters. The number of hydrogen-bond donors (Lipinski definition) is 1. The van der Waals surface area contributed by atoms with Crippen LogP contribution in [0.15, 0.2) is 24.4 Å². The molecule has 0 aliphatic rings. The summed E-state index contributed by atoms with van der Waals surface area (Å²) >= 11 is 0. The summed E-state index contributed by atoms with van der Waals surface area (Å²) < 4.78 is 18.2. The van der Waals surface area contributed by atoms with E-state index in [2.05, 4.69) is 9.97 Å². The van der Waals surface area contributed by atoms with Crippen molar-refractivity contribution in [3.63, 3.8) is 0 Å². The van der Waals surface area contributed by atoms with Gasteiger partial charge in [0.1, 0.15) is 0 Å². The van der Waals surface area contributed by atoms with Crippen LogP contribution < -0.4 is 4.74 Å². The highest BCUT2D eigenvalue weighted by Gasteiger charge is 2.13. The van der Waals surface area contributed by atoms with E-state index >= 15 is 0 Å². The maximum Gasteiger partial charge on any atom is 0.354 e. The Morgan fingerprint density at radius 1 is 1.42 bits per heavy atom. The second-order valence-electron chi connectivity index (χ2n) is 3.88. The van der Waals surface area contributed by atoms with E-state index in [4.69, 9.17) is 9.84 Å². The summed E-state index contributed by atoms with van der Waals surface area (Å²) in [5, 5.41) is 9.01. The van der Waals surface area contributed by atoms with Crippen LogP contribution in [0.5, 0.6) is 5.75 Å². The average Bonchev–Trinajstić information content (AvgIpc) is 2.39. The summed E-state index contributed by atoms with van der Waals surface area (Å²) in [6, 6.07) is 4.11. The summed E-state index contributed by atoms with van der Waals surface area (Å²) in [5.74, 6) is -1.37. The maximum atomic E-state index is 13.3. The highest BCUT2D eigenvalue weighted by Crippen LogP contribution is 2.24. The van der Waals surface area contributed by atoms with Gasteiger partial charge >= 0.3 is 5.97 Å². The zero-order valence-electron chi connectivity index (χ0n) is 10.3. The maximum absolute atomic E-state index is 13.3. The third-order valence-electron chi connectivity index (χ3n) is 2.58. The number of methoxy groups -OCH3 is 1. The quantitative estimate of drug-likeness (QED) is 0.918. The predicted octanol–water partition coefficient (Wildman–Crippen LogP) is 2.30. The zero-order chi connectivity index (χ0) is 14.0. The van der Waals surface area contributed by atoms with E-state index in [9.17, 15) is 9.18 Å². The topological polar surface area (TPSA) is 72.3 Å². The SMILES string of the molecule is COc1cc(-c2ncc(C)c(C(=O)O)n2)ccc1F. The van der Waals surface area contributed by atoms with Gasteiger partial charge in [-0.3, -0.25) is 0 Å². The fourth-order valence-corrected chi connectivity index (χ4v) is 1.60. The number of rotatable bonds is 3. The number of benzene rings is 1. The standard InChI is InChI=1S/C13H11FN2O3/c1-7-6-15-12(16-11(7)13(17)18)8-3-4-9(14)10(5-8)19-2/h3-6H,1-2H3,(H,17,18). The molecule has 0 aliphatic heterocycles. The fourth-order valence-electron chi connectivity index (χ4n) is 1.60. The lowest BCUT2D eigenvalue weighted by Gasteiger charge is -2.06. The van der Waals surface area contributed by atoms with Gasteiger partial charge in [-0.15, -0.1) is 0 Å². The number of aromatic carboxylic acids is 1. The van der Waals surface area contributed by atoms with Crippen LogP contribution in [0.25, 0.3) is 11.4 Å². The Morgan fingerprint density at radius 3 is 2.79 bits per heavy atom. The van der Waals surface area contributed by atoms with E-state index in [1.165, 1.54) is 31.5 Å². The number of halogens is 1. The number of nitrogens with zero attached hydrogens (tertiary/aromatic N) is 2. The van der Waals surface area contributed by atoms with Crippen LogP contribution >= 0.6 is 0 Å². The van der Waals surface area contributed by atoms with Gasteiger partial charge in [0, 0.05) is 17.3 Å². The first-order chi connectivity index (χ1) is 9.02. The monoisotopic (exact) mass is 262 g/mol. The van der Waals surface area contributed by atoms with Crippen molar-refractivity contribution in [2.24, 2.45) is 0 Å². The second-order valence-corrected chi connectivity index (χ2v) is 3.88. The lowest BCUT2D eigenvalue weighted by molar-refractivity contribution is 0.0689. The second kappa shape index (κ2) is 5.01. The van der Waals surface area contributed by atoms with E-state index in [1.807, 2.05) is 0 Å². The van der Waals surface area contributed by atoms with Gasteiger partial charge < -0.3 is 9.84 Å². The molecule has 0 radical (unpaired) electrons. The first-order valence-electron chi connectivity index (χ1n) is 5.43. The molecule has 1 heterocycles. The molecule has 98 valence electrons. The molecule has 1 N–H and O–H groups in total. The number of carbonyl (C=O) groups is 1. The summed E-state index contributed by atoms with van der Waals surface area (Å²) in [6.45, 7) is 1.61. The predicted molar refractivity (Wildman–Crippen MR) is 65.7 cm³/mol.